The van der Waals surface area contributed by atoms with E-state index in [1.807, 2.05) is 46.4 Å². The molecule has 1 rings (SSSR count). The number of rotatable bonds is 6. The maximum absolute atomic E-state index is 12.3. The number of carbonyl (C=O) groups excluding carboxylic acids is 1. The standard InChI is InChI=1S/C17H34N2O2/c1-13(14-8-9-14)12-18-10-11-19(16(2,3)4)15(20)21-17(5,6)7/h13-14,18H,8-12H2,1-7H3. The molecule has 4 heteroatoms. The lowest BCUT2D eigenvalue weighted by atomic mass is 10.1. The van der Waals surface area contributed by atoms with E-state index >= 15 is 0 Å². The predicted octanol–water partition coefficient (Wildman–Crippen LogP) is 3.66. The van der Waals surface area contributed by atoms with Crippen LogP contribution in [0.25, 0.3) is 0 Å². The SMILES string of the molecule is CC(CNCCN(C(=O)OC(C)(C)C)C(C)(C)C)C1CC1. The van der Waals surface area contributed by atoms with Gasteiger partial charge in [-0.25, -0.2) is 4.79 Å². The summed E-state index contributed by atoms with van der Waals surface area (Å²) < 4.78 is 5.51. The fourth-order valence-corrected chi connectivity index (χ4v) is 2.37. The van der Waals surface area contributed by atoms with Crippen molar-refractivity contribution < 1.29 is 9.53 Å². The molecule has 0 bridgehead atoms. The summed E-state index contributed by atoms with van der Waals surface area (Å²) in [5, 5.41) is 3.48. The van der Waals surface area contributed by atoms with Crippen LogP contribution in [0.15, 0.2) is 0 Å². The Labute approximate surface area is 130 Å². The van der Waals surface area contributed by atoms with Crippen molar-refractivity contribution in [3.63, 3.8) is 0 Å². The minimum absolute atomic E-state index is 0.230. The van der Waals surface area contributed by atoms with E-state index in [1.54, 1.807) is 0 Å². The van der Waals surface area contributed by atoms with E-state index in [4.69, 9.17) is 4.74 Å². The van der Waals surface area contributed by atoms with Gasteiger partial charge in [-0.3, -0.25) is 0 Å². The van der Waals surface area contributed by atoms with E-state index in [9.17, 15) is 4.79 Å². The number of hydrogen-bond donors (Lipinski definition) is 1. The average molecular weight is 298 g/mol. The van der Waals surface area contributed by atoms with Crippen LogP contribution in [-0.4, -0.2) is 41.8 Å². The van der Waals surface area contributed by atoms with Gasteiger partial charge < -0.3 is 15.0 Å². The highest BCUT2D eigenvalue weighted by molar-refractivity contribution is 5.69. The zero-order valence-electron chi connectivity index (χ0n) is 15.0. The van der Waals surface area contributed by atoms with Gasteiger partial charge in [0.05, 0.1) is 0 Å². The fourth-order valence-electron chi connectivity index (χ4n) is 2.37. The molecule has 0 spiro atoms. The monoisotopic (exact) mass is 298 g/mol. The number of nitrogens with one attached hydrogen (secondary N) is 1. The second-order valence-corrected chi connectivity index (χ2v) is 8.32. The van der Waals surface area contributed by atoms with Crippen LogP contribution >= 0.6 is 0 Å². The maximum atomic E-state index is 12.3. The molecule has 4 nitrogen and oxygen atoms in total. The maximum Gasteiger partial charge on any atom is 0.410 e. The smallest absolute Gasteiger partial charge is 0.410 e. The molecule has 0 aromatic heterocycles. The van der Waals surface area contributed by atoms with Crippen LogP contribution in [0.2, 0.25) is 0 Å². The van der Waals surface area contributed by atoms with Gasteiger partial charge in [-0.2, -0.15) is 0 Å². The topological polar surface area (TPSA) is 41.6 Å². The van der Waals surface area contributed by atoms with Gasteiger partial charge >= 0.3 is 6.09 Å². The largest absolute Gasteiger partial charge is 0.444 e. The number of hydrogen-bond acceptors (Lipinski definition) is 3. The molecule has 0 heterocycles. The molecule has 1 atom stereocenters. The molecular formula is C17H34N2O2. The van der Waals surface area contributed by atoms with Gasteiger partial charge in [-0.15, -0.1) is 0 Å². The third-order valence-corrected chi connectivity index (χ3v) is 3.83. The van der Waals surface area contributed by atoms with Gasteiger partial charge in [-0.05, 0) is 72.8 Å². The molecule has 1 aliphatic rings. The highest BCUT2D eigenvalue weighted by Crippen LogP contribution is 2.36. The molecule has 1 unspecified atom stereocenters. The van der Waals surface area contributed by atoms with Crippen molar-refractivity contribution >= 4 is 6.09 Å². The van der Waals surface area contributed by atoms with Crippen molar-refractivity contribution in [1.29, 1.82) is 0 Å². The molecule has 1 N–H and O–H groups in total. The molecule has 21 heavy (non-hydrogen) atoms. The average Bonchev–Trinajstić information content (AvgIpc) is 3.07. The highest BCUT2D eigenvalue weighted by Gasteiger charge is 2.30. The molecule has 0 saturated heterocycles. The van der Waals surface area contributed by atoms with Crippen molar-refractivity contribution in [2.75, 3.05) is 19.6 Å². The van der Waals surface area contributed by atoms with Crippen LogP contribution in [0.3, 0.4) is 0 Å². The Morgan fingerprint density at radius 1 is 1.24 bits per heavy atom. The van der Waals surface area contributed by atoms with E-state index in [-0.39, 0.29) is 11.6 Å². The third kappa shape index (κ3) is 7.16. The summed E-state index contributed by atoms with van der Waals surface area (Å²) in [7, 11) is 0. The lowest BCUT2D eigenvalue weighted by Gasteiger charge is -2.37. The summed E-state index contributed by atoms with van der Waals surface area (Å²) in [6.45, 7) is 16.7. The van der Waals surface area contributed by atoms with Crippen LogP contribution < -0.4 is 5.32 Å². The third-order valence-electron chi connectivity index (χ3n) is 3.83. The summed E-state index contributed by atoms with van der Waals surface area (Å²) in [4.78, 5) is 14.1. The van der Waals surface area contributed by atoms with Gasteiger partial charge in [0, 0.05) is 18.6 Å². The molecule has 1 amide bonds. The fraction of sp³-hybridized carbons (Fsp3) is 0.941. The van der Waals surface area contributed by atoms with Crippen molar-refractivity contribution in [2.24, 2.45) is 11.8 Å². The van der Waals surface area contributed by atoms with Crippen LogP contribution in [0, 0.1) is 11.8 Å². The van der Waals surface area contributed by atoms with Crippen LogP contribution in [0.5, 0.6) is 0 Å². The zero-order chi connectivity index (χ0) is 16.3. The Hall–Kier alpha value is -0.770. The molecule has 0 aromatic carbocycles. The van der Waals surface area contributed by atoms with Gasteiger partial charge in [-0.1, -0.05) is 6.92 Å². The van der Waals surface area contributed by atoms with E-state index in [2.05, 4.69) is 12.2 Å². The molecule has 1 fully saturated rings. The van der Waals surface area contributed by atoms with E-state index in [0.717, 1.165) is 24.9 Å². The van der Waals surface area contributed by atoms with E-state index < -0.39 is 5.60 Å². The Morgan fingerprint density at radius 3 is 2.24 bits per heavy atom. The molecule has 1 aliphatic carbocycles. The van der Waals surface area contributed by atoms with Crippen LogP contribution in [-0.2, 0) is 4.74 Å². The van der Waals surface area contributed by atoms with Crippen LogP contribution in [0.1, 0.15) is 61.3 Å². The second kappa shape index (κ2) is 6.99. The quantitative estimate of drug-likeness (QED) is 0.761. The van der Waals surface area contributed by atoms with Gasteiger partial charge in [0.15, 0.2) is 0 Å². The molecule has 0 aliphatic heterocycles. The number of amides is 1. The second-order valence-electron chi connectivity index (χ2n) is 8.32. The lowest BCUT2D eigenvalue weighted by molar-refractivity contribution is 0.00660. The Balaban J connectivity index is 2.41. The van der Waals surface area contributed by atoms with Crippen molar-refractivity contribution in [3.05, 3.63) is 0 Å². The van der Waals surface area contributed by atoms with Gasteiger partial charge in [0.25, 0.3) is 0 Å². The molecule has 1 saturated carbocycles. The first kappa shape index (κ1) is 18.3. The van der Waals surface area contributed by atoms with Crippen molar-refractivity contribution in [1.82, 2.24) is 10.2 Å². The highest BCUT2D eigenvalue weighted by atomic mass is 16.6. The zero-order valence-corrected chi connectivity index (χ0v) is 15.0. The minimum atomic E-state index is -0.450. The summed E-state index contributed by atoms with van der Waals surface area (Å²) in [5.74, 6) is 1.66. The number of ether oxygens (including phenoxy) is 1. The Bertz CT molecular complexity index is 338. The first-order chi connectivity index (χ1) is 9.50. The normalized spacial score (nSPS) is 17.5. The summed E-state index contributed by atoms with van der Waals surface area (Å²) >= 11 is 0. The molecule has 124 valence electrons. The van der Waals surface area contributed by atoms with E-state index in [1.165, 1.54) is 12.8 Å². The van der Waals surface area contributed by atoms with Gasteiger partial charge in [0.1, 0.15) is 5.60 Å². The van der Waals surface area contributed by atoms with Crippen molar-refractivity contribution in [3.8, 4) is 0 Å². The summed E-state index contributed by atoms with van der Waals surface area (Å²) in [6, 6.07) is 0. The minimum Gasteiger partial charge on any atom is -0.444 e. The number of nitrogens with zero attached hydrogens (tertiary/aromatic N) is 1. The first-order valence-corrected chi connectivity index (χ1v) is 8.22. The predicted molar refractivity (Wildman–Crippen MR) is 87.5 cm³/mol. The summed E-state index contributed by atoms with van der Waals surface area (Å²) in [6.07, 6.45) is 2.54. The Kier molecular flexibility index (Phi) is 6.09. The van der Waals surface area contributed by atoms with Gasteiger partial charge in [0.2, 0.25) is 0 Å². The number of carbonyl (C=O) groups is 1. The molecule has 0 aromatic rings. The first-order valence-electron chi connectivity index (χ1n) is 8.22. The van der Waals surface area contributed by atoms with E-state index in [0.29, 0.717) is 6.54 Å². The Morgan fingerprint density at radius 2 is 1.81 bits per heavy atom. The summed E-state index contributed by atoms with van der Waals surface area (Å²) in [5.41, 5.74) is -0.680. The van der Waals surface area contributed by atoms with Crippen molar-refractivity contribution in [2.45, 2.75) is 72.4 Å². The lowest BCUT2D eigenvalue weighted by Crippen LogP contribution is -2.50. The van der Waals surface area contributed by atoms with Crippen LogP contribution in [0.4, 0.5) is 4.79 Å². The molecule has 0 radical (unpaired) electrons. The molecular weight excluding hydrogens is 264 g/mol.